The van der Waals surface area contributed by atoms with Crippen molar-refractivity contribution in [3.05, 3.63) is 27.7 Å². The monoisotopic (exact) mass is 219 g/mol. The van der Waals surface area contributed by atoms with Crippen LogP contribution in [-0.4, -0.2) is 9.78 Å². The lowest BCUT2D eigenvalue weighted by molar-refractivity contribution is 0.542. The van der Waals surface area contributed by atoms with E-state index in [1.54, 1.807) is 6.07 Å². The first-order valence-corrected chi connectivity index (χ1v) is 5.58. The van der Waals surface area contributed by atoms with Crippen LogP contribution in [0.15, 0.2) is 10.9 Å². The van der Waals surface area contributed by atoms with Crippen molar-refractivity contribution < 1.29 is 0 Å². The van der Waals surface area contributed by atoms with Crippen molar-refractivity contribution in [2.75, 3.05) is 0 Å². The zero-order chi connectivity index (χ0) is 12.1. The highest BCUT2D eigenvalue weighted by Crippen LogP contribution is 2.10. The number of nitriles is 1. The number of nitrogens with zero attached hydrogens (tertiary/aromatic N) is 3. The lowest BCUT2D eigenvalue weighted by Crippen LogP contribution is -2.27. The normalized spacial score (nSPS) is 10.4. The van der Waals surface area contributed by atoms with Gasteiger partial charge in [-0.25, -0.2) is 4.68 Å². The van der Waals surface area contributed by atoms with Crippen molar-refractivity contribution in [1.82, 2.24) is 9.78 Å². The van der Waals surface area contributed by atoms with Crippen LogP contribution in [-0.2, 0) is 13.0 Å². The predicted octanol–water partition coefficient (Wildman–Crippen LogP) is 1.84. The Morgan fingerprint density at radius 1 is 1.56 bits per heavy atom. The van der Waals surface area contributed by atoms with E-state index in [9.17, 15) is 4.79 Å². The summed E-state index contributed by atoms with van der Waals surface area (Å²) in [5, 5.41) is 13.0. The van der Waals surface area contributed by atoms with Crippen molar-refractivity contribution >= 4 is 0 Å². The molecule has 4 nitrogen and oxygen atoms in total. The Kier molecular flexibility index (Phi) is 4.24. The summed E-state index contributed by atoms with van der Waals surface area (Å²) in [6.45, 7) is 6.66. The van der Waals surface area contributed by atoms with Gasteiger partial charge in [0.05, 0.1) is 18.2 Å². The van der Waals surface area contributed by atoms with Crippen LogP contribution in [0.25, 0.3) is 0 Å². The van der Waals surface area contributed by atoms with Crippen molar-refractivity contribution in [3.8, 4) is 6.07 Å². The summed E-state index contributed by atoms with van der Waals surface area (Å²) in [6, 6.07) is 3.77. The smallest absolute Gasteiger partial charge is 0.267 e. The van der Waals surface area contributed by atoms with Gasteiger partial charge in [-0.3, -0.25) is 4.79 Å². The third-order valence-electron chi connectivity index (χ3n) is 2.36. The van der Waals surface area contributed by atoms with Crippen LogP contribution >= 0.6 is 0 Å². The molecule has 1 heterocycles. The van der Waals surface area contributed by atoms with E-state index >= 15 is 0 Å². The Labute approximate surface area is 95.5 Å². The molecule has 0 saturated heterocycles. The highest BCUT2D eigenvalue weighted by molar-refractivity contribution is 5.19. The molecule has 0 amide bonds. The molecule has 0 aliphatic carbocycles. The molecule has 0 aliphatic rings. The summed E-state index contributed by atoms with van der Waals surface area (Å²) in [6.07, 6.45) is 1.02. The Morgan fingerprint density at radius 2 is 2.25 bits per heavy atom. The summed E-state index contributed by atoms with van der Waals surface area (Å²) in [5.41, 5.74) is 1.29. The zero-order valence-corrected chi connectivity index (χ0v) is 10.0. The van der Waals surface area contributed by atoms with Crippen LogP contribution in [0.5, 0.6) is 0 Å². The molecular formula is C12H17N3O. The second-order valence-corrected chi connectivity index (χ2v) is 4.11. The summed E-state index contributed by atoms with van der Waals surface area (Å²) < 4.78 is 1.47. The van der Waals surface area contributed by atoms with Crippen LogP contribution in [0.4, 0.5) is 0 Å². The fourth-order valence-electron chi connectivity index (χ4n) is 1.48. The number of aromatic nitrogens is 2. The second kappa shape index (κ2) is 5.45. The second-order valence-electron chi connectivity index (χ2n) is 4.11. The van der Waals surface area contributed by atoms with Crippen molar-refractivity contribution in [1.29, 1.82) is 5.26 Å². The summed E-state index contributed by atoms with van der Waals surface area (Å²) in [7, 11) is 0. The highest BCUT2D eigenvalue weighted by atomic mass is 16.1. The van der Waals surface area contributed by atoms with Crippen molar-refractivity contribution in [2.24, 2.45) is 0 Å². The fraction of sp³-hybridized carbons (Fsp3) is 0.583. The van der Waals surface area contributed by atoms with Gasteiger partial charge in [-0.2, -0.15) is 10.4 Å². The summed E-state index contributed by atoms with van der Waals surface area (Å²) in [4.78, 5) is 11.9. The van der Waals surface area contributed by atoms with Crippen molar-refractivity contribution in [3.63, 3.8) is 0 Å². The van der Waals surface area contributed by atoms with Gasteiger partial charge in [-0.15, -0.1) is 0 Å². The standard InChI is InChI=1S/C12H17N3O/c1-4-7-15-12(16)10(5-6-13)8-11(14-15)9(2)3/h8-9H,4-5,7H2,1-3H3. The molecule has 1 aromatic heterocycles. The van der Waals surface area contributed by atoms with E-state index < -0.39 is 0 Å². The zero-order valence-electron chi connectivity index (χ0n) is 10.0. The molecule has 0 spiro atoms. The number of aryl methyl sites for hydroxylation is 1. The van der Waals surface area contributed by atoms with Gasteiger partial charge in [0, 0.05) is 12.1 Å². The maximum atomic E-state index is 11.9. The van der Waals surface area contributed by atoms with Crippen LogP contribution in [0.1, 0.15) is 44.4 Å². The minimum Gasteiger partial charge on any atom is -0.267 e. The van der Waals surface area contributed by atoms with E-state index in [1.165, 1.54) is 4.68 Å². The highest BCUT2D eigenvalue weighted by Gasteiger charge is 2.09. The van der Waals surface area contributed by atoms with Gasteiger partial charge in [-0.1, -0.05) is 20.8 Å². The van der Waals surface area contributed by atoms with Gasteiger partial charge in [0.2, 0.25) is 0 Å². The molecule has 0 bridgehead atoms. The number of rotatable bonds is 4. The van der Waals surface area contributed by atoms with E-state index in [1.807, 2.05) is 26.8 Å². The minimum atomic E-state index is -0.132. The molecule has 0 aromatic carbocycles. The third-order valence-corrected chi connectivity index (χ3v) is 2.36. The van der Waals surface area contributed by atoms with Gasteiger partial charge < -0.3 is 0 Å². The minimum absolute atomic E-state index is 0.132. The van der Waals surface area contributed by atoms with E-state index in [0.717, 1.165) is 12.1 Å². The molecule has 0 radical (unpaired) electrons. The van der Waals surface area contributed by atoms with E-state index in [2.05, 4.69) is 5.10 Å². The summed E-state index contributed by atoms with van der Waals surface area (Å²) in [5.74, 6) is 0.265. The molecule has 1 rings (SSSR count). The molecule has 0 atom stereocenters. The Balaban J connectivity index is 3.28. The van der Waals surface area contributed by atoms with E-state index in [4.69, 9.17) is 5.26 Å². The average molecular weight is 219 g/mol. The maximum absolute atomic E-state index is 11.9. The van der Waals surface area contributed by atoms with Crippen LogP contribution in [0, 0.1) is 11.3 Å². The van der Waals surface area contributed by atoms with Crippen LogP contribution in [0.3, 0.4) is 0 Å². The molecule has 4 heteroatoms. The first kappa shape index (κ1) is 12.4. The van der Waals surface area contributed by atoms with E-state index in [0.29, 0.717) is 12.1 Å². The van der Waals surface area contributed by atoms with Gasteiger partial charge in [0.25, 0.3) is 5.56 Å². The SMILES string of the molecule is CCCn1nc(C(C)C)cc(CC#N)c1=O. The van der Waals surface area contributed by atoms with Gasteiger partial charge in [-0.05, 0) is 18.4 Å². The van der Waals surface area contributed by atoms with Crippen LogP contribution in [0.2, 0.25) is 0 Å². The lowest BCUT2D eigenvalue weighted by atomic mass is 10.1. The average Bonchev–Trinajstić information content (AvgIpc) is 2.24. The van der Waals surface area contributed by atoms with E-state index in [-0.39, 0.29) is 17.9 Å². The van der Waals surface area contributed by atoms with Gasteiger partial charge in [0.1, 0.15) is 0 Å². The van der Waals surface area contributed by atoms with Crippen molar-refractivity contribution in [2.45, 2.75) is 46.1 Å². The lowest BCUT2D eigenvalue weighted by Gasteiger charge is -2.10. The maximum Gasteiger partial charge on any atom is 0.271 e. The molecule has 0 fully saturated rings. The third kappa shape index (κ3) is 2.69. The number of hydrogen-bond donors (Lipinski definition) is 0. The molecule has 0 aliphatic heterocycles. The van der Waals surface area contributed by atoms with Gasteiger partial charge in [0.15, 0.2) is 0 Å². The number of hydrogen-bond acceptors (Lipinski definition) is 3. The van der Waals surface area contributed by atoms with Crippen LogP contribution < -0.4 is 5.56 Å². The van der Waals surface area contributed by atoms with Gasteiger partial charge >= 0.3 is 0 Å². The summed E-state index contributed by atoms with van der Waals surface area (Å²) >= 11 is 0. The molecule has 0 N–H and O–H groups in total. The topological polar surface area (TPSA) is 58.7 Å². The quantitative estimate of drug-likeness (QED) is 0.776. The molecule has 0 unspecified atom stereocenters. The largest absolute Gasteiger partial charge is 0.271 e. The molecule has 16 heavy (non-hydrogen) atoms. The molecular weight excluding hydrogens is 202 g/mol. The first-order valence-electron chi connectivity index (χ1n) is 5.58. The molecule has 0 saturated carbocycles. The predicted molar refractivity (Wildman–Crippen MR) is 62.2 cm³/mol. The molecule has 86 valence electrons. The Bertz CT molecular complexity index is 454. The molecule has 1 aromatic rings. The fourth-order valence-corrected chi connectivity index (χ4v) is 1.48. The Morgan fingerprint density at radius 3 is 2.75 bits per heavy atom. The Hall–Kier alpha value is -1.63. The first-order chi connectivity index (χ1) is 7.60.